The molecule has 0 spiro atoms. The summed E-state index contributed by atoms with van der Waals surface area (Å²) in [5, 5.41) is 7.83. The van der Waals surface area contributed by atoms with E-state index in [1.807, 2.05) is 0 Å². The summed E-state index contributed by atoms with van der Waals surface area (Å²) in [6.45, 7) is 6.45. The van der Waals surface area contributed by atoms with Crippen LogP contribution in [-0.2, 0) is 0 Å². The molecule has 1 aliphatic carbocycles. The van der Waals surface area contributed by atoms with Crippen molar-refractivity contribution in [1.82, 2.24) is 0 Å². The summed E-state index contributed by atoms with van der Waals surface area (Å²) in [5.41, 5.74) is 2.13. The largest absolute Gasteiger partial charge is 0.305 e. The number of allylic oxidation sites excluding steroid dienone is 4. The van der Waals surface area contributed by atoms with Gasteiger partial charge < -0.3 is 5.41 Å². The van der Waals surface area contributed by atoms with E-state index < -0.39 is 0 Å². The van der Waals surface area contributed by atoms with E-state index in [-0.39, 0.29) is 5.41 Å². The van der Waals surface area contributed by atoms with Crippen molar-refractivity contribution in [3.63, 3.8) is 0 Å². The van der Waals surface area contributed by atoms with Crippen LogP contribution in [0, 0.1) is 10.8 Å². The van der Waals surface area contributed by atoms with Gasteiger partial charge in [-0.25, -0.2) is 0 Å². The molecular weight excluding hydrogens is 146 g/mol. The third-order valence-corrected chi connectivity index (χ3v) is 2.25. The van der Waals surface area contributed by atoms with Gasteiger partial charge in [0.05, 0.1) is 0 Å². The van der Waals surface area contributed by atoms with Crippen LogP contribution < -0.4 is 0 Å². The summed E-state index contributed by atoms with van der Waals surface area (Å²) in [6, 6.07) is 0. The second-order valence-electron chi connectivity index (χ2n) is 4.05. The van der Waals surface area contributed by atoms with Gasteiger partial charge in [0.15, 0.2) is 0 Å². The molecule has 0 saturated carbocycles. The summed E-state index contributed by atoms with van der Waals surface area (Å²) < 4.78 is 0. The summed E-state index contributed by atoms with van der Waals surface area (Å²) in [6.07, 6.45) is 8.17. The molecule has 66 valence electrons. The van der Waals surface area contributed by atoms with Crippen LogP contribution >= 0.6 is 0 Å². The Labute approximate surface area is 74.7 Å². The van der Waals surface area contributed by atoms with Crippen molar-refractivity contribution in [2.45, 2.75) is 33.6 Å². The molecule has 1 heteroatoms. The quantitative estimate of drug-likeness (QED) is 0.613. The van der Waals surface area contributed by atoms with E-state index in [4.69, 9.17) is 5.41 Å². The number of nitrogens with one attached hydrogen (secondary N) is 1. The number of hydrogen-bond acceptors (Lipinski definition) is 1. The van der Waals surface area contributed by atoms with Gasteiger partial charge in [-0.15, -0.1) is 0 Å². The first-order valence-electron chi connectivity index (χ1n) is 4.51. The van der Waals surface area contributed by atoms with E-state index in [1.54, 1.807) is 0 Å². The minimum absolute atomic E-state index is 0.157. The molecule has 0 unspecified atom stereocenters. The molecule has 1 N–H and O–H groups in total. The molecule has 0 aliphatic heterocycles. The van der Waals surface area contributed by atoms with Crippen LogP contribution in [-0.4, -0.2) is 5.71 Å². The smallest absolute Gasteiger partial charge is 0.0354 e. The van der Waals surface area contributed by atoms with Crippen molar-refractivity contribution in [3.8, 4) is 0 Å². The summed E-state index contributed by atoms with van der Waals surface area (Å²) >= 11 is 0. The van der Waals surface area contributed by atoms with Crippen LogP contribution in [0.1, 0.15) is 33.6 Å². The SMILES string of the molecule is CCC1=CC=CC(C)(C)CC1=N. The number of hydrogen-bond donors (Lipinski definition) is 1. The van der Waals surface area contributed by atoms with Crippen molar-refractivity contribution < 1.29 is 0 Å². The van der Waals surface area contributed by atoms with E-state index in [1.165, 1.54) is 5.57 Å². The van der Waals surface area contributed by atoms with Crippen LogP contribution in [0.15, 0.2) is 23.8 Å². The van der Waals surface area contributed by atoms with Gasteiger partial charge in [-0.3, -0.25) is 0 Å². The first kappa shape index (κ1) is 9.24. The first-order valence-corrected chi connectivity index (χ1v) is 4.51. The molecule has 0 fully saturated rings. The average Bonchev–Trinajstić information content (AvgIpc) is 2.07. The maximum atomic E-state index is 7.83. The van der Waals surface area contributed by atoms with E-state index in [0.29, 0.717) is 0 Å². The molecule has 1 rings (SSSR count). The van der Waals surface area contributed by atoms with Gasteiger partial charge in [0.1, 0.15) is 0 Å². The molecule has 0 amide bonds. The molecule has 0 aromatic carbocycles. The lowest BCUT2D eigenvalue weighted by atomic mass is 9.86. The van der Waals surface area contributed by atoms with E-state index in [2.05, 4.69) is 39.0 Å². The molecule has 0 aromatic heterocycles. The second kappa shape index (κ2) is 3.26. The lowest BCUT2D eigenvalue weighted by Crippen LogP contribution is -2.13. The van der Waals surface area contributed by atoms with E-state index in [9.17, 15) is 0 Å². The van der Waals surface area contributed by atoms with Crippen LogP contribution in [0.25, 0.3) is 0 Å². The monoisotopic (exact) mass is 163 g/mol. The molecule has 0 radical (unpaired) electrons. The van der Waals surface area contributed by atoms with Gasteiger partial charge in [-0.2, -0.15) is 0 Å². The Morgan fingerprint density at radius 3 is 2.75 bits per heavy atom. The van der Waals surface area contributed by atoms with Crippen molar-refractivity contribution in [3.05, 3.63) is 23.8 Å². The molecule has 12 heavy (non-hydrogen) atoms. The topological polar surface area (TPSA) is 23.9 Å². The van der Waals surface area contributed by atoms with Crippen molar-refractivity contribution in [1.29, 1.82) is 5.41 Å². The van der Waals surface area contributed by atoms with E-state index in [0.717, 1.165) is 18.6 Å². The lowest BCUT2D eigenvalue weighted by Gasteiger charge is -2.19. The van der Waals surface area contributed by atoms with Gasteiger partial charge in [0.2, 0.25) is 0 Å². The summed E-state index contributed by atoms with van der Waals surface area (Å²) in [5.74, 6) is 0. The van der Waals surface area contributed by atoms with Gasteiger partial charge in [0, 0.05) is 5.71 Å². The highest BCUT2D eigenvalue weighted by Crippen LogP contribution is 2.27. The van der Waals surface area contributed by atoms with Gasteiger partial charge in [-0.05, 0) is 23.8 Å². The second-order valence-corrected chi connectivity index (χ2v) is 4.05. The molecule has 1 aliphatic rings. The predicted molar refractivity (Wildman–Crippen MR) is 53.6 cm³/mol. The van der Waals surface area contributed by atoms with Gasteiger partial charge in [-0.1, -0.05) is 39.0 Å². The Kier molecular flexibility index (Phi) is 2.51. The van der Waals surface area contributed by atoms with E-state index >= 15 is 0 Å². The highest BCUT2D eigenvalue weighted by Gasteiger charge is 2.19. The third kappa shape index (κ3) is 2.07. The maximum absolute atomic E-state index is 7.83. The average molecular weight is 163 g/mol. The predicted octanol–water partition coefficient (Wildman–Crippen LogP) is 3.33. The Bertz CT molecular complexity index is 244. The zero-order valence-electron chi connectivity index (χ0n) is 8.15. The zero-order valence-corrected chi connectivity index (χ0v) is 8.15. The Morgan fingerprint density at radius 1 is 1.50 bits per heavy atom. The third-order valence-electron chi connectivity index (χ3n) is 2.25. The highest BCUT2D eigenvalue weighted by molar-refractivity contribution is 5.98. The normalized spacial score (nSPS) is 21.9. The fourth-order valence-corrected chi connectivity index (χ4v) is 1.48. The fraction of sp³-hybridized carbons (Fsp3) is 0.545. The first-order chi connectivity index (χ1) is 5.55. The standard InChI is InChI=1S/C11H17N/c1-4-9-6-5-7-11(2,3)8-10(9)12/h5-7,12H,4,8H2,1-3H3. The summed E-state index contributed by atoms with van der Waals surface area (Å²) in [7, 11) is 0. The highest BCUT2D eigenvalue weighted by atomic mass is 14.4. The van der Waals surface area contributed by atoms with Gasteiger partial charge in [0.25, 0.3) is 0 Å². The molecule has 0 bridgehead atoms. The zero-order chi connectivity index (χ0) is 9.19. The van der Waals surface area contributed by atoms with Gasteiger partial charge >= 0.3 is 0 Å². The Balaban J connectivity index is 2.85. The lowest BCUT2D eigenvalue weighted by molar-refractivity contribution is 0.504. The minimum atomic E-state index is 0.157. The van der Waals surface area contributed by atoms with Crippen LogP contribution in [0.3, 0.4) is 0 Å². The number of rotatable bonds is 1. The van der Waals surface area contributed by atoms with Crippen LogP contribution in [0.4, 0.5) is 0 Å². The molecule has 0 saturated heterocycles. The summed E-state index contributed by atoms with van der Waals surface area (Å²) in [4.78, 5) is 0. The van der Waals surface area contributed by atoms with Crippen molar-refractivity contribution >= 4 is 5.71 Å². The van der Waals surface area contributed by atoms with Crippen LogP contribution in [0.2, 0.25) is 0 Å². The fourth-order valence-electron chi connectivity index (χ4n) is 1.48. The van der Waals surface area contributed by atoms with Crippen molar-refractivity contribution in [2.75, 3.05) is 0 Å². The molecule has 0 atom stereocenters. The molecule has 0 aromatic rings. The van der Waals surface area contributed by atoms with Crippen molar-refractivity contribution in [2.24, 2.45) is 5.41 Å². The Hall–Kier alpha value is -0.850. The van der Waals surface area contributed by atoms with Crippen LogP contribution in [0.5, 0.6) is 0 Å². The molecule has 1 nitrogen and oxygen atoms in total. The molecule has 0 heterocycles. The molecular formula is C11H17N. The minimum Gasteiger partial charge on any atom is -0.305 e. The Morgan fingerprint density at radius 2 is 2.17 bits per heavy atom. The maximum Gasteiger partial charge on any atom is 0.0354 e.